The summed E-state index contributed by atoms with van der Waals surface area (Å²) in [7, 11) is 0. The van der Waals surface area contributed by atoms with Gasteiger partial charge in [-0.05, 0) is 30.7 Å². The summed E-state index contributed by atoms with van der Waals surface area (Å²) < 4.78 is 47.5. The van der Waals surface area contributed by atoms with Crippen LogP contribution in [0.5, 0.6) is 5.88 Å². The Hall–Kier alpha value is -2.59. The fourth-order valence-corrected chi connectivity index (χ4v) is 3.45. The number of rotatable bonds is 5. The van der Waals surface area contributed by atoms with Crippen LogP contribution in [0.1, 0.15) is 12.0 Å². The zero-order chi connectivity index (χ0) is 18.8. The molecule has 1 atom stereocenters. The minimum atomic E-state index is -0.695. The van der Waals surface area contributed by atoms with E-state index in [1.165, 1.54) is 11.1 Å². The Morgan fingerprint density at radius 3 is 2.85 bits per heavy atom. The highest BCUT2D eigenvalue weighted by molar-refractivity contribution is 6.99. The number of anilines is 1. The normalized spacial score (nSPS) is 19.8. The molecule has 1 aromatic heterocycles. The van der Waals surface area contributed by atoms with Gasteiger partial charge in [0.2, 0.25) is 5.88 Å². The smallest absolute Gasteiger partial charge is 0.414 e. The number of nitrogens with one attached hydrogen (secondary N) is 1. The second kappa shape index (κ2) is 7.57. The van der Waals surface area contributed by atoms with Crippen molar-refractivity contribution in [1.29, 1.82) is 0 Å². The molecule has 0 saturated carbocycles. The largest absolute Gasteiger partial charge is 0.472 e. The average Bonchev–Trinajstić information content (AvgIpc) is 3.29. The first-order chi connectivity index (χ1) is 13.1. The Labute approximate surface area is 157 Å². The molecule has 0 bridgehead atoms. The molecule has 7 nitrogen and oxygen atoms in total. The minimum absolute atomic E-state index is 0.0382. The van der Waals surface area contributed by atoms with Gasteiger partial charge in [-0.1, -0.05) is 6.08 Å². The second-order valence-corrected chi connectivity index (χ2v) is 6.70. The number of carbonyl (C=O) groups excluding carboxylic acids is 1. The fourth-order valence-electron chi connectivity index (χ4n) is 3.09. The molecule has 1 N–H and O–H groups in total. The molecular formula is C17H16F2N4O3S. The summed E-state index contributed by atoms with van der Waals surface area (Å²) in [6.45, 7) is 1.45. The van der Waals surface area contributed by atoms with Gasteiger partial charge in [-0.2, -0.15) is 4.37 Å². The Morgan fingerprint density at radius 1 is 1.37 bits per heavy atom. The van der Waals surface area contributed by atoms with E-state index in [1.54, 1.807) is 6.08 Å². The highest BCUT2D eigenvalue weighted by Gasteiger charge is 2.34. The van der Waals surface area contributed by atoms with Crippen molar-refractivity contribution in [1.82, 2.24) is 14.1 Å². The van der Waals surface area contributed by atoms with E-state index in [4.69, 9.17) is 9.47 Å². The molecule has 2 aliphatic heterocycles. The Bertz CT molecular complexity index is 852. The number of ether oxygens (including phenoxy) is 2. The van der Waals surface area contributed by atoms with Crippen LogP contribution in [0.4, 0.5) is 19.3 Å². The van der Waals surface area contributed by atoms with E-state index in [2.05, 4.69) is 14.1 Å². The molecule has 2 aromatic rings. The molecule has 0 spiro atoms. The lowest BCUT2D eigenvalue weighted by molar-refractivity contribution is 0.103. The number of aromatic nitrogens is 2. The topological polar surface area (TPSA) is 76.6 Å². The predicted molar refractivity (Wildman–Crippen MR) is 94.8 cm³/mol. The predicted octanol–water partition coefficient (Wildman–Crippen LogP) is 2.60. The van der Waals surface area contributed by atoms with Gasteiger partial charge in [-0.25, -0.2) is 13.6 Å². The van der Waals surface area contributed by atoms with Gasteiger partial charge >= 0.3 is 6.09 Å². The first-order valence-electron chi connectivity index (χ1n) is 8.39. The van der Waals surface area contributed by atoms with Gasteiger partial charge in [0.15, 0.2) is 6.10 Å². The quantitative estimate of drug-likeness (QED) is 0.840. The van der Waals surface area contributed by atoms with E-state index in [0.717, 1.165) is 23.9 Å². The third-order valence-electron chi connectivity index (χ3n) is 4.36. The fraction of sp³-hybridized carbons (Fsp3) is 0.353. The summed E-state index contributed by atoms with van der Waals surface area (Å²) in [5.41, 5.74) is 0.706. The zero-order valence-electron chi connectivity index (χ0n) is 14.2. The van der Waals surface area contributed by atoms with Crippen LogP contribution in [0.15, 0.2) is 24.4 Å². The van der Waals surface area contributed by atoms with Crippen molar-refractivity contribution in [3.8, 4) is 5.88 Å². The van der Waals surface area contributed by atoms with Crippen molar-refractivity contribution in [2.75, 3.05) is 31.1 Å². The van der Waals surface area contributed by atoms with Gasteiger partial charge in [0, 0.05) is 12.1 Å². The highest BCUT2D eigenvalue weighted by Crippen LogP contribution is 2.31. The van der Waals surface area contributed by atoms with Crippen molar-refractivity contribution in [3.05, 3.63) is 41.6 Å². The molecule has 0 radical (unpaired) electrons. The Kier molecular flexibility index (Phi) is 4.99. The lowest BCUT2D eigenvalue weighted by atomic mass is 9.98. The van der Waals surface area contributed by atoms with Crippen molar-refractivity contribution < 1.29 is 23.0 Å². The van der Waals surface area contributed by atoms with Crippen LogP contribution < -0.4 is 15.0 Å². The Morgan fingerprint density at radius 2 is 2.19 bits per heavy atom. The van der Waals surface area contributed by atoms with Gasteiger partial charge in [0.05, 0.1) is 24.0 Å². The van der Waals surface area contributed by atoms with Crippen LogP contribution in [-0.2, 0) is 4.74 Å². The second-order valence-electron chi connectivity index (χ2n) is 6.14. The molecular weight excluding hydrogens is 378 g/mol. The molecule has 1 amide bonds. The van der Waals surface area contributed by atoms with E-state index in [1.807, 2.05) is 0 Å². The third kappa shape index (κ3) is 3.76. The van der Waals surface area contributed by atoms with Gasteiger partial charge in [-0.15, -0.1) is 4.37 Å². The summed E-state index contributed by atoms with van der Waals surface area (Å²) in [5.74, 6) is -1.05. The first-order valence-corrected chi connectivity index (χ1v) is 9.12. The highest BCUT2D eigenvalue weighted by atomic mass is 32.1. The summed E-state index contributed by atoms with van der Waals surface area (Å²) in [6, 6.07) is 2.33. The number of hydrogen-bond donors (Lipinski definition) is 1. The summed E-state index contributed by atoms with van der Waals surface area (Å²) >= 11 is 1.00. The molecule has 1 fully saturated rings. The van der Waals surface area contributed by atoms with Gasteiger partial charge in [-0.3, -0.25) is 4.90 Å². The lowest BCUT2D eigenvalue weighted by Crippen LogP contribution is -2.27. The lowest BCUT2D eigenvalue weighted by Gasteiger charge is -2.18. The van der Waals surface area contributed by atoms with Crippen molar-refractivity contribution in [2.45, 2.75) is 12.5 Å². The first kappa shape index (κ1) is 17.8. The van der Waals surface area contributed by atoms with Gasteiger partial charge in [0.1, 0.15) is 24.4 Å². The number of cyclic esters (lactones) is 1. The number of halogens is 2. The SMILES string of the molecule is O=C1O[C@@H](COc2cnsn2)CN1c1cc(F)c(C2=CCNCC2)c(F)c1. The maximum absolute atomic E-state index is 14.6. The van der Waals surface area contributed by atoms with E-state index in [0.29, 0.717) is 31.0 Å². The average molecular weight is 394 g/mol. The maximum Gasteiger partial charge on any atom is 0.414 e. The monoisotopic (exact) mass is 394 g/mol. The molecule has 1 saturated heterocycles. The third-order valence-corrected chi connectivity index (χ3v) is 4.82. The Balaban J connectivity index is 1.49. The molecule has 1 aromatic carbocycles. The van der Waals surface area contributed by atoms with Crippen molar-refractivity contribution in [2.24, 2.45) is 0 Å². The molecule has 3 heterocycles. The molecule has 4 rings (SSSR count). The molecule has 0 aliphatic carbocycles. The van der Waals surface area contributed by atoms with Crippen LogP contribution >= 0.6 is 11.7 Å². The number of benzene rings is 1. The van der Waals surface area contributed by atoms with Crippen molar-refractivity contribution >= 4 is 29.1 Å². The minimum Gasteiger partial charge on any atom is -0.472 e. The summed E-state index contributed by atoms with van der Waals surface area (Å²) in [6.07, 6.45) is 2.53. The van der Waals surface area contributed by atoms with E-state index in [9.17, 15) is 13.6 Å². The van der Waals surface area contributed by atoms with Crippen molar-refractivity contribution in [3.63, 3.8) is 0 Å². The van der Waals surface area contributed by atoms with Crippen LogP contribution in [0.25, 0.3) is 5.57 Å². The molecule has 10 heteroatoms. The zero-order valence-corrected chi connectivity index (χ0v) is 15.0. The maximum atomic E-state index is 14.6. The number of nitrogens with zero attached hydrogens (tertiary/aromatic N) is 3. The van der Waals surface area contributed by atoms with E-state index < -0.39 is 23.8 Å². The van der Waals surface area contributed by atoms with Gasteiger partial charge < -0.3 is 14.8 Å². The number of hydrogen-bond acceptors (Lipinski definition) is 7. The van der Waals surface area contributed by atoms with E-state index >= 15 is 0 Å². The standard InChI is InChI=1S/C17H16F2N4O3S/c18-13-5-11(6-14(19)16(13)10-1-3-20-4-2-10)23-8-12(26-17(23)24)9-25-15-7-21-27-22-15/h1,5-7,12,20H,2-4,8-9H2/t12-/m1/s1. The van der Waals surface area contributed by atoms with E-state index in [-0.39, 0.29) is 24.4 Å². The van der Waals surface area contributed by atoms with Crippen LogP contribution in [0.2, 0.25) is 0 Å². The number of amides is 1. The van der Waals surface area contributed by atoms with Crippen LogP contribution in [0.3, 0.4) is 0 Å². The summed E-state index contributed by atoms with van der Waals surface area (Å²) in [5, 5.41) is 3.10. The molecule has 142 valence electrons. The van der Waals surface area contributed by atoms with Gasteiger partial charge in [0.25, 0.3) is 0 Å². The van der Waals surface area contributed by atoms with Crippen LogP contribution in [-0.4, -0.2) is 47.2 Å². The summed E-state index contributed by atoms with van der Waals surface area (Å²) in [4.78, 5) is 13.3. The molecule has 27 heavy (non-hydrogen) atoms. The molecule has 2 aliphatic rings. The molecule has 0 unspecified atom stereocenters. The van der Waals surface area contributed by atoms with Crippen LogP contribution in [0, 0.1) is 11.6 Å². The number of carbonyl (C=O) groups is 1.